The second-order valence-corrected chi connectivity index (χ2v) is 7.08. The Kier molecular flexibility index (Phi) is 5.10. The first-order valence-corrected chi connectivity index (χ1v) is 8.64. The van der Waals surface area contributed by atoms with Crippen LogP contribution in [0, 0.1) is 13.8 Å². The second-order valence-electron chi connectivity index (χ2n) is 5.76. The van der Waals surface area contributed by atoms with Gasteiger partial charge in [-0.2, -0.15) is 0 Å². The van der Waals surface area contributed by atoms with Crippen molar-refractivity contribution in [3.8, 4) is 0 Å². The number of benzene rings is 1. The van der Waals surface area contributed by atoms with Crippen LogP contribution < -0.4 is 10.6 Å². The third kappa shape index (κ3) is 4.32. The largest absolute Gasteiger partial charge is 0.390 e. The summed E-state index contributed by atoms with van der Waals surface area (Å²) in [6, 6.07) is 7.95. The topological polar surface area (TPSA) is 75.6 Å². The fourth-order valence-corrected chi connectivity index (χ4v) is 3.09. The highest BCUT2D eigenvalue weighted by molar-refractivity contribution is 7.11. The molecule has 0 spiro atoms. The van der Waals surface area contributed by atoms with E-state index < -0.39 is 0 Å². The van der Waals surface area contributed by atoms with Crippen LogP contribution in [-0.4, -0.2) is 29.4 Å². The van der Waals surface area contributed by atoms with Crippen LogP contribution in [0.4, 0.5) is 4.79 Å². The van der Waals surface area contributed by atoms with E-state index in [-0.39, 0.29) is 12.1 Å². The average Bonchev–Trinajstić information content (AvgIpc) is 3.21. The minimum absolute atomic E-state index is 0.130. The number of oxime groups is 1. The van der Waals surface area contributed by atoms with Gasteiger partial charge in [0, 0.05) is 17.5 Å². The van der Waals surface area contributed by atoms with Crippen LogP contribution in [-0.2, 0) is 11.4 Å². The van der Waals surface area contributed by atoms with Gasteiger partial charge in [-0.15, -0.1) is 11.3 Å². The number of aromatic nitrogens is 1. The molecule has 1 aliphatic rings. The highest BCUT2D eigenvalue weighted by Crippen LogP contribution is 2.16. The molecule has 1 aromatic carbocycles. The van der Waals surface area contributed by atoms with Crippen molar-refractivity contribution in [2.24, 2.45) is 5.16 Å². The van der Waals surface area contributed by atoms with E-state index in [1.807, 2.05) is 19.1 Å². The zero-order chi connectivity index (χ0) is 16.9. The molecule has 3 rings (SSSR count). The predicted octanol–water partition coefficient (Wildman–Crippen LogP) is 2.75. The summed E-state index contributed by atoms with van der Waals surface area (Å²) >= 11 is 1.58. The van der Waals surface area contributed by atoms with Gasteiger partial charge >= 0.3 is 6.03 Å². The first kappa shape index (κ1) is 16.4. The number of aryl methyl sites for hydroxylation is 2. The Hall–Kier alpha value is -2.41. The molecule has 0 saturated heterocycles. The molecule has 0 aliphatic carbocycles. The molecule has 2 amide bonds. The average molecular weight is 344 g/mol. The molecule has 2 heterocycles. The lowest BCUT2D eigenvalue weighted by Gasteiger charge is -2.10. The van der Waals surface area contributed by atoms with Gasteiger partial charge < -0.3 is 15.5 Å². The molecule has 0 bridgehead atoms. The standard InChI is InChI=1S/C17H20N4O2S/c1-11-3-5-13(6-4-11)15-7-14(23-21-15)9-19-17(22)20-10-16-18-8-12(2)24-16/h3-6,8,14H,7,9-10H2,1-2H3,(H2,19,20,22)/t14-/m0/s1. The Balaban J connectivity index is 1.40. The van der Waals surface area contributed by atoms with E-state index in [9.17, 15) is 4.79 Å². The third-order valence-electron chi connectivity index (χ3n) is 3.68. The fourth-order valence-electron chi connectivity index (χ4n) is 2.36. The Bertz CT molecular complexity index is 739. The maximum absolute atomic E-state index is 11.8. The molecule has 0 radical (unpaired) electrons. The summed E-state index contributed by atoms with van der Waals surface area (Å²) in [6.45, 7) is 4.89. The molecule has 6 nitrogen and oxygen atoms in total. The van der Waals surface area contributed by atoms with Crippen molar-refractivity contribution in [3.63, 3.8) is 0 Å². The van der Waals surface area contributed by atoms with E-state index in [0.717, 1.165) is 21.2 Å². The summed E-state index contributed by atoms with van der Waals surface area (Å²) in [5.74, 6) is 0. The maximum Gasteiger partial charge on any atom is 0.315 e. The number of thiazole rings is 1. The highest BCUT2D eigenvalue weighted by atomic mass is 32.1. The van der Waals surface area contributed by atoms with E-state index >= 15 is 0 Å². The van der Waals surface area contributed by atoms with E-state index in [2.05, 4.69) is 39.8 Å². The van der Waals surface area contributed by atoms with Gasteiger partial charge in [-0.25, -0.2) is 9.78 Å². The molecule has 2 N–H and O–H groups in total. The molecular weight excluding hydrogens is 324 g/mol. The van der Waals surface area contributed by atoms with Crippen LogP contribution in [0.5, 0.6) is 0 Å². The number of hydrogen-bond donors (Lipinski definition) is 2. The molecule has 0 unspecified atom stereocenters. The monoisotopic (exact) mass is 344 g/mol. The van der Waals surface area contributed by atoms with Crippen molar-refractivity contribution in [1.82, 2.24) is 15.6 Å². The second kappa shape index (κ2) is 7.44. The van der Waals surface area contributed by atoms with Crippen LogP contribution in [0.15, 0.2) is 35.6 Å². The molecule has 7 heteroatoms. The predicted molar refractivity (Wildman–Crippen MR) is 94.3 cm³/mol. The highest BCUT2D eigenvalue weighted by Gasteiger charge is 2.22. The van der Waals surface area contributed by atoms with Crippen molar-refractivity contribution < 1.29 is 9.63 Å². The molecule has 24 heavy (non-hydrogen) atoms. The zero-order valence-corrected chi connectivity index (χ0v) is 14.5. The van der Waals surface area contributed by atoms with Crippen LogP contribution in [0.3, 0.4) is 0 Å². The van der Waals surface area contributed by atoms with Crippen LogP contribution in [0.2, 0.25) is 0 Å². The summed E-state index contributed by atoms with van der Waals surface area (Å²) in [7, 11) is 0. The van der Waals surface area contributed by atoms with Gasteiger partial charge in [0.15, 0.2) is 6.10 Å². The van der Waals surface area contributed by atoms with E-state index in [1.54, 1.807) is 17.5 Å². The number of carbonyl (C=O) groups is 1. The van der Waals surface area contributed by atoms with E-state index in [1.165, 1.54) is 5.56 Å². The molecular formula is C17H20N4O2S. The summed E-state index contributed by atoms with van der Waals surface area (Å²) in [5, 5.41) is 10.6. The zero-order valence-electron chi connectivity index (χ0n) is 13.7. The summed E-state index contributed by atoms with van der Waals surface area (Å²) in [5.41, 5.74) is 3.19. The molecule has 1 atom stereocenters. The van der Waals surface area contributed by atoms with Gasteiger partial charge in [0.2, 0.25) is 0 Å². The molecule has 0 fully saturated rings. The summed E-state index contributed by atoms with van der Waals surface area (Å²) in [4.78, 5) is 22.6. The van der Waals surface area contributed by atoms with Crippen LogP contribution in [0.1, 0.15) is 27.4 Å². The lowest BCUT2D eigenvalue weighted by molar-refractivity contribution is 0.0865. The molecule has 1 aliphatic heterocycles. The first-order chi connectivity index (χ1) is 11.6. The Labute approximate surface area is 144 Å². The molecule has 0 saturated carbocycles. The lowest BCUT2D eigenvalue weighted by Crippen LogP contribution is -2.39. The summed E-state index contributed by atoms with van der Waals surface area (Å²) < 4.78 is 0. The van der Waals surface area contributed by atoms with E-state index in [0.29, 0.717) is 19.5 Å². The number of urea groups is 1. The number of amides is 2. The van der Waals surface area contributed by atoms with Crippen molar-refractivity contribution >= 4 is 23.1 Å². The van der Waals surface area contributed by atoms with E-state index in [4.69, 9.17) is 4.84 Å². The maximum atomic E-state index is 11.8. The van der Waals surface area contributed by atoms with Crippen molar-refractivity contribution in [1.29, 1.82) is 0 Å². The van der Waals surface area contributed by atoms with Crippen molar-refractivity contribution in [2.45, 2.75) is 32.9 Å². The minimum Gasteiger partial charge on any atom is -0.390 e. The van der Waals surface area contributed by atoms with Crippen LogP contribution >= 0.6 is 11.3 Å². The van der Waals surface area contributed by atoms with Crippen molar-refractivity contribution in [3.05, 3.63) is 51.5 Å². The van der Waals surface area contributed by atoms with Gasteiger partial charge in [0.1, 0.15) is 5.01 Å². The van der Waals surface area contributed by atoms with Gasteiger partial charge in [0.25, 0.3) is 0 Å². The Morgan fingerprint density at radius 2 is 2.08 bits per heavy atom. The lowest BCUT2D eigenvalue weighted by atomic mass is 10.0. The van der Waals surface area contributed by atoms with Gasteiger partial charge in [-0.05, 0) is 19.4 Å². The van der Waals surface area contributed by atoms with Crippen LogP contribution in [0.25, 0.3) is 0 Å². The van der Waals surface area contributed by atoms with Crippen molar-refractivity contribution in [2.75, 3.05) is 6.54 Å². The number of rotatable bonds is 5. The van der Waals surface area contributed by atoms with Gasteiger partial charge in [-0.1, -0.05) is 35.0 Å². The SMILES string of the molecule is Cc1ccc(C2=NO[C@H](CNC(=O)NCc3ncc(C)s3)C2)cc1. The fraction of sp³-hybridized carbons (Fsp3) is 0.353. The smallest absolute Gasteiger partial charge is 0.315 e. The molecule has 1 aromatic heterocycles. The first-order valence-electron chi connectivity index (χ1n) is 7.83. The normalized spacial score (nSPS) is 16.4. The number of nitrogens with one attached hydrogen (secondary N) is 2. The molecule has 126 valence electrons. The van der Waals surface area contributed by atoms with Gasteiger partial charge in [0.05, 0.1) is 18.8 Å². The molecule has 2 aromatic rings. The summed E-state index contributed by atoms with van der Waals surface area (Å²) in [6.07, 6.45) is 2.36. The quantitative estimate of drug-likeness (QED) is 0.876. The Morgan fingerprint density at radius 1 is 1.29 bits per heavy atom. The van der Waals surface area contributed by atoms with Gasteiger partial charge in [-0.3, -0.25) is 0 Å². The number of carbonyl (C=O) groups excluding carboxylic acids is 1. The Morgan fingerprint density at radius 3 is 2.79 bits per heavy atom. The number of nitrogens with zero attached hydrogens (tertiary/aromatic N) is 2. The minimum atomic E-state index is -0.227. The third-order valence-corrected chi connectivity index (χ3v) is 4.59. The number of hydrogen-bond acceptors (Lipinski definition) is 5.